The monoisotopic (exact) mass is 276 g/mol. The average molecular weight is 276 g/mol. The minimum atomic E-state index is -0.607. The molecule has 0 aromatic heterocycles. The predicted octanol–water partition coefficient (Wildman–Crippen LogP) is 3.20. The Morgan fingerprint density at radius 3 is 1.40 bits per heavy atom. The van der Waals surface area contributed by atoms with Gasteiger partial charge in [-0.3, -0.25) is 20.2 Å². The maximum absolute atomic E-state index is 10.1. The molecule has 7 nitrogen and oxygen atoms in total. The highest BCUT2D eigenvalue weighted by Crippen LogP contribution is 2.16. The fourth-order valence-electron chi connectivity index (χ4n) is 1.24. The maximum Gasteiger partial charge on any atom is 0.269 e. The lowest BCUT2D eigenvalue weighted by molar-refractivity contribution is -0.389. The van der Waals surface area contributed by atoms with Gasteiger partial charge in [0.05, 0.1) is 9.85 Å². The van der Waals surface area contributed by atoms with Gasteiger partial charge in [-0.15, -0.1) is 0 Å². The van der Waals surface area contributed by atoms with Crippen LogP contribution in [-0.2, 0) is 0 Å². The molecule has 2 aromatic carbocycles. The summed E-state index contributed by atoms with van der Waals surface area (Å²) in [5, 5.41) is 29.0. The van der Waals surface area contributed by atoms with E-state index in [1.807, 2.05) is 19.1 Å². The number of hydrogen-bond donors (Lipinski definition) is 1. The third-order valence-electron chi connectivity index (χ3n) is 2.31. The number of nitro benzene ring substituents is 2. The smallest absolute Gasteiger partial charge is 0.269 e. The summed E-state index contributed by atoms with van der Waals surface area (Å²) in [6.45, 7) is 1.99. The van der Waals surface area contributed by atoms with Crippen LogP contribution in [0.5, 0.6) is 5.75 Å². The number of phenols is 1. The lowest BCUT2D eigenvalue weighted by atomic mass is 10.2. The molecule has 0 bridgehead atoms. The van der Waals surface area contributed by atoms with Crippen molar-refractivity contribution in [3.8, 4) is 5.75 Å². The van der Waals surface area contributed by atoms with Gasteiger partial charge in [0.2, 0.25) is 0 Å². The van der Waals surface area contributed by atoms with Crippen LogP contribution in [0, 0.1) is 27.2 Å². The van der Waals surface area contributed by atoms with Crippen LogP contribution in [-0.4, -0.2) is 15.0 Å². The lowest BCUT2D eigenvalue weighted by Gasteiger charge is -1.90. The number of nitro groups is 2. The van der Waals surface area contributed by atoms with Gasteiger partial charge in [0, 0.05) is 24.3 Å². The molecule has 0 unspecified atom stereocenters. The van der Waals surface area contributed by atoms with Crippen LogP contribution in [0.3, 0.4) is 0 Å². The van der Waals surface area contributed by atoms with Crippen LogP contribution in [0.25, 0.3) is 0 Å². The molecule has 20 heavy (non-hydrogen) atoms. The van der Waals surface area contributed by atoms with E-state index in [0.29, 0.717) is 5.75 Å². The highest BCUT2D eigenvalue weighted by Gasteiger charge is 2.08. The minimum absolute atomic E-state index is 0.152. The molecule has 104 valence electrons. The van der Waals surface area contributed by atoms with Crippen LogP contribution < -0.4 is 0 Å². The number of nitrogens with zero attached hydrogens (tertiary/aromatic N) is 2. The van der Waals surface area contributed by atoms with E-state index < -0.39 is 9.85 Å². The second-order valence-electron chi connectivity index (χ2n) is 3.87. The van der Waals surface area contributed by atoms with Crippen molar-refractivity contribution >= 4 is 11.4 Å². The van der Waals surface area contributed by atoms with Gasteiger partial charge in [-0.1, -0.05) is 17.7 Å². The normalized spacial score (nSPS) is 9.25. The van der Waals surface area contributed by atoms with Crippen molar-refractivity contribution < 1.29 is 15.0 Å². The third-order valence-corrected chi connectivity index (χ3v) is 2.31. The average Bonchev–Trinajstić information content (AvgIpc) is 2.43. The quantitative estimate of drug-likeness (QED) is 0.669. The molecule has 1 N–H and O–H groups in total. The molecule has 0 radical (unpaired) electrons. The molecule has 0 heterocycles. The Morgan fingerprint density at radius 2 is 1.15 bits per heavy atom. The summed E-state index contributed by atoms with van der Waals surface area (Å²) in [6, 6.07) is 11.5. The van der Waals surface area contributed by atoms with Gasteiger partial charge in [-0.25, -0.2) is 0 Å². The topological polar surface area (TPSA) is 107 Å². The van der Waals surface area contributed by atoms with Crippen LogP contribution in [0.15, 0.2) is 48.5 Å². The Labute approximate surface area is 114 Å². The number of phenolic OH excluding ortho intramolecular Hbond substituents is 1. The molecule has 7 heteroatoms. The van der Waals surface area contributed by atoms with Crippen LogP contribution >= 0.6 is 0 Å². The van der Waals surface area contributed by atoms with Crippen molar-refractivity contribution in [1.82, 2.24) is 0 Å². The molecular weight excluding hydrogens is 264 g/mol. The van der Waals surface area contributed by atoms with E-state index in [1.165, 1.54) is 5.56 Å². The molecule has 2 aromatic rings. The standard InChI is InChI=1S/C7H8O.C6H4N2O4/c1-6-2-4-7(8)5-3-6;9-7(10)5-1-2-6(4-3-5)8(11)12/h2-5,8H,1H3;1-4H. The number of rotatable bonds is 2. The fourth-order valence-corrected chi connectivity index (χ4v) is 1.24. The van der Waals surface area contributed by atoms with Crippen molar-refractivity contribution in [3.05, 3.63) is 74.3 Å². The molecule has 0 fully saturated rings. The summed E-state index contributed by atoms with van der Waals surface area (Å²) in [4.78, 5) is 19.0. The van der Waals surface area contributed by atoms with E-state index in [-0.39, 0.29) is 11.4 Å². The Hall–Kier alpha value is -2.96. The molecular formula is C13H12N2O5. The Morgan fingerprint density at radius 1 is 0.800 bits per heavy atom. The van der Waals surface area contributed by atoms with Crippen LogP contribution in [0.1, 0.15) is 5.56 Å². The molecule has 0 atom stereocenters. The van der Waals surface area contributed by atoms with Crippen LogP contribution in [0.4, 0.5) is 11.4 Å². The highest BCUT2D eigenvalue weighted by atomic mass is 16.6. The van der Waals surface area contributed by atoms with Crippen LogP contribution in [0.2, 0.25) is 0 Å². The molecule has 2 rings (SSSR count). The molecule has 0 aliphatic rings. The number of benzene rings is 2. The fraction of sp³-hybridized carbons (Fsp3) is 0.0769. The summed E-state index contributed by atoms with van der Waals surface area (Å²) in [5.41, 5.74) is 0.865. The van der Waals surface area contributed by atoms with Crippen molar-refractivity contribution in [2.24, 2.45) is 0 Å². The van der Waals surface area contributed by atoms with E-state index in [4.69, 9.17) is 5.11 Å². The first-order chi connectivity index (χ1) is 9.40. The zero-order valence-electron chi connectivity index (χ0n) is 10.6. The third kappa shape index (κ3) is 4.73. The second-order valence-corrected chi connectivity index (χ2v) is 3.87. The lowest BCUT2D eigenvalue weighted by Crippen LogP contribution is -1.90. The molecule has 0 aliphatic carbocycles. The van der Waals surface area contributed by atoms with Gasteiger partial charge < -0.3 is 5.11 Å². The maximum atomic E-state index is 10.1. The first kappa shape index (κ1) is 15.1. The van der Waals surface area contributed by atoms with E-state index in [9.17, 15) is 20.2 Å². The van der Waals surface area contributed by atoms with Gasteiger partial charge in [0.25, 0.3) is 11.4 Å². The Balaban J connectivity index is 0.000000217. The zero-order chi connectivity index (χ0) is 15.1. The SMILES string of the molecule is Cc1ccc(O)cc1.O=[N+]([O-])c1ccc([N+](=O)[O-])cc1. The highest BCUT2D eigenvalue weighted by molar-refractivity contribution is 5.39. The van der Waals surface area contributed by atoms with Gasteiger partial charge in [-0.05, 0) is 19.1 Å². The Kier molecular flexibility index (Phi) is 5.16. The number of non-ortho nitro benzene ring substituents is 2. The molecule has 0 amide bonds. The van der Waals surface area contributed by atoms with Crippen molar-refractivity contribution in [2.75, 3.05) is 0 Å². The minimum Gasteiger partial charge on any atom is -0.508 e. The van der Waals surface area contributed by atoms with Gasteiger partial charge >= 0.3 is 0 Å². The summed E-state index contributed by atoms with van der Waals surface area (Å²) >= 11 is 0. The number of aryl methyl sites for hydroxylation is 1. The zero-order valence-corrected chi connectivity index (χ0v) is 10.6. The van der Waals surface area contributed by atoms with Gasteiger partial charge in [0.1, 0.15) is 5.75 Å². The predicted molar refractivity (Wildman–Crippen MR) is 72.6 cm³/mol. The largest absolute Gasteiger partial charge is 0.508 e. The molecule has 0 spiro atoms. The van der Waals surface area contributed by atoms with Crippen molar-refractivity contribution in [1.29, 1.82) is 0 Å². The number of hydrogen-bond acceptors (Lipinski definition) is 5. The van der Waals surface area contributed by atoms with E-state index >= 15 is 0 Å². The summed E-state index contributed by atoms with van der Waals surface area (Å²) < 4.78 is 0. The van der Waals surface area contributed by atoms with Crippen molar-refractivity contribution in [2.45, 2.75) is 6.92 Å². The molecule has 0 aliphatic heterocycles. The summed E-state index contributed by atoms with van der Waals surface area (Å²) in [7, 11) is 0. The van der Waals surface area contributed by atoms with E-state index in [2.05, 4.69) is 0 Å². The van der Waals surface area contributed by atoms with Gasteiger partial charge in [0.15, 0.2) is 0 Å². The summed E-state index contributed by atoms with van der Waals surface area (Å²) in [6.07, 6.45) is 0. The Bertz CT molecular complexity index is 539. The van der Waals surface area contributed by atoms with Crippen molar-refractivity contribution in [3.63, 3.8) is 0 Å². The first-order valence-electron chi connectivity index (χ1n) is 5.54. The number of aromatic hydroxyl groups is 1. The second kappa shape index (κ2) is 6.83. The molecule has 0 saturated carbocycles. The van der Waals surface area contributed by atoms with E-state index in [1.54, 1.807) is 12.1 Å². The molecule has 0 saturated heterocycles. The van der Waals surface area contributed by atoms with Gasteiger partial charge in [-0.2, -0.15) is 0 Å². The summed E-state index contributed by atoms with van der Waals surface area (Å²) in [5.74, 6) is 0.329. The van der Waals surface area contributed by atoms with E-state index in [0.717, 1.165) is 24.3 Å². The first-order valence-corrected chi connectivity index (χ1v) is 5.54.